The van der Waals surface area contributed by atoms with Crippen LogP contribution in [0.3, 0.4) is 0 Å². The summed E-state index contributed by atoms with van der Waals surface area (Å²) in [4.78, 5) is 23.7. The molecular formula is C38H72O4. The Bertz CT molecular complexity index is 600. The van der Waals surface area contributed by atoms with Gasteiger partial charge in [-0.15, -0.1) is 0 Å². The number of aliphatic carboxylic acids is 1. The summed E-state index contributed by atoms with van der Waals surface area (Å²) in [6, 6.07) is 0. The van der Waals surface area contributed by atoms with Gasteiger partial charge in [0.25, 0.3) is 0 Å². The van der Waals surface area contributed by atoms with Gasteiger partial charge in [0.2, 0.25) is 0 Å². The highest BCUT2D eigenvalue weighted by Gasteiger charge is 2.20. The molecule has 42 heavy (non-hydrogen) atoms. The Balaban J connectivity index is 3.69. The first kappa shape index (κ1) is 40.7. The van der Waals surface area contributed by atoms with Crippen LogP contribution >= 0.6 is 0 Å². The van der Waals surface area contributed by atoms with Crippen LogP contribution in [0.1, 0.15) is 206 Å². The van der Waals surface area contributed by atoms with Gasteiger partial charge in [0, 0.05) is 0 Å². The van der Waals surface area contributed by atoms with Crippen molar-refractivity contribution in [1.82, 2.24) is 0 Å². The van der Waals surface area contributed by atoms with Crippen LogP contribution in [0.5, 0.6) is 0 Å². The van der Waals surface area contributed by atoms with E-state index >= 15 is 0 Å². The normalized spacial score (nSPS) is 12.2. The second-order valence-electron chi connectivity index (χ2n) is 12.8. The Morgan fingerprint density at radius 2 is 0.857 bits per heavy atom. The van der Waals surface area contributed by atoms with Crippen LogP contribution in [0.2, 0.25) is 0 Å². The molecule has 1 unspecified atom stereocenters. The first-order valence-corrected chi connectivity index (χ1v) is 18.7. The fourth-order valence-electron chi connectivity index (χ4n) is 5.71. The van der Waals surface area contributed by atoms with Gasteiger partial charge in [-0.3, -0.25) is 9.59 Å². The van der Waals surface area contributed by atoms with Gasteiger partial charge in [0.05, 0.1) is 18.9 Å². The van der Waals surface area contributed by atoms with Gasteiger partial charge in [-0.25, -0.2) is 0 Å². The monoisotopic (exact) mass is 593 g/mol. The first-order valence-electron chi connectivity index (χ1n) is 18.7. The van der Waals surface area contributed by atoms with Gasteiger partial charge < -0.3 is 9.84 Å². The summed E-state index contributed by atoms with van der Waals surface area (Å²) in [5, 5.41) is 9.23. The van der Waals surface area contributed by atoms with Crippen LogP contribution in [-0.4, -0.2) is 23.7 Å². The topological polar surface area (TPSA) is 63.6 Å². The number of esters is 1. The minimum absolute atomic E-state index is 0.188. The number of ether oxygens (including phenoxy) is 1. The van der Waals surface area contributed by atoms with Crippen LogP contribution < -0.4 is 0 Å². The predicted molar refractivity (Wildman–Crippen MR) is 181 cm³/mol. The summed E-state index contributed by atoms with van der Waals surface area (Å²) in [5.41, 5.74) is 0. The van der Waals surface area contributed by atoms with E-state index < -0.39 is 11.9 Å². The van der Waals surface area contributed by atoms with Crippen LogP contribution in [0.25, 0.3) is 0 Å². The first-order chi connectivity index (χ1) is 20.6. The number of hydrogen-bond donors (Lipinski definition) is 1. The molecule has 0 radical (unpaired) electrons. The molecule has 0 rings (SSSR count). The van der Waals surface area contributed by atoms with Crippen molar-refractivity contribution in [2.45, 2.75) is 206 Å². The van der Waals surface area contributed by atoms with Crippen molar-refractivity contribution in [3.63, 3.8) is 0 Å². The zero-order chi connectivity index (χ0) is 30.8. The second kappa shape index (κ2) is 34.2. The number of rotatable bonds is 34. The van der Waals surface area contributed by atoms with E-state index in [4.69, 9.17) is 4.74 Å². The van der Waals surface area contributed by atoms with E-state index in [0.717, 1.165) is 25.7 Å². The average Bonchev–Trinajstić information content (AvgIpc) is 2.98. The lowest BCUT2D eigenvalue weighted by Crippen LogP contribution is -2.19. The molecule has 4 heteroatoms. The van der Waals surface area contributed by atoms with E-state index in [2.05, 4.69) is 13.8 Å². The predicted octanol–water partition coefficient (Wildman–Crippen LogP) is 12.5. The minimum Gasteiger partial charge on any atom is -0.481 e. The van der Waals surface area contributed by atoms with Crippen molar-refractivity contribution in [2.24, 2.45) is 5.92 Å². The molecule has 0 fully saturated rings. The number of carbonyl (C=O) groups is 2. The van der Waals surface area contributed by atoms with Gasteiger partial charge in [-0.1, -0.05) is 193 Å². The van der Waals surface area contributed by atoms with Crippen LogP contribution in [-0.2, 0) is 14.3 Å². The summed E-state index contributed by atoms with van der Waals surface area (Å²) >= 11 is 0. The summed E-state index contributed by atoms with van der Waals surface area (Å²) < 4.78 is 5.44. The molecule has 0 aromatic carbocycles. The van der Waals surface area contributed by atoms with Crippen LogP contribution in [0, 0.1) is 5.92 Å². The van der Waals surface area contributed by atoms with Crippen molar-refractivity contribution in [2.75, 3.05) is 6.61 Å². The number of allylic oxidation sites excluding steroid dienone is 1. The molecule has 0 amide bonds. The fourth-order valence-corrected chi connectivity index (χ4v) is 5.71. The number of unbranched alkanes of at least 4 members (excludes halogenated alkanes) is 27. The van der Waals surface area contributed by atoms with Crippen molar-refractivity contribution in [3.05, 3.63) is 12.2 Å². The number of carboxylic acid groups (broad SMARTS) is 1. The van der Waals surface area contributed by atoms with E-state index in [1.54, 1.807) is 6.08 Å². The van der Waals surface area contributed by atoms with Gasteiger partial charge in [0.1, 0.15) is 0 Å². The molecule has 0 saturated heterocycles. The Labute approximate surface area is 262 Å². The SMILES string of the molecule is CCCCCCCCCCCCCCCCC=CC(CC(=O)O)C(=O)OCCCCCCCCCCCCCCCC. The summed E-state index contributed by atoms with van der Waals surface area (Å²) in [7, 11) is 0. The Morgan fingerprint density at radius 1 is 0.524 bits per heavy atom. The third kappa shape index (κ3) is 31.6. The minimum atomic E-state index is -0.949. The van der Waals surface area contributed by atoms with Crippen molar-refractivity contribution in [3.8, 4) is 0 Å². The van der Waals surface area contributed by atoms with Crippen LogP contribution in [0.4, 0.5) is 0 Å². The van der Waals surface area contributed by atoms with Crippen LogP contribution in [0.15, 0.2) is 12.2 Å². The van der Waals surface area contributed by atoms with E-state index in [1.165, 1.54) is 161 Å². The third-order valence-electron chi connectivity index (χ3n) is 8.53. The Morgan fingerprint density at radius 3 is 1.21 bits per heavy atom. The molecule has 0 aromatic heterocycles. The summed E-state index contributed by atoms with van der Waals surface area (Å²) in [6.07, 6.45) is 41.3. The van der Waals surface area contributed by atoms with Crippen molar-refractivity contribution >= 4 is 11.9 Å². The molecule has 0 saturated carbocycles. The van der Waals surface area contributed by atoms with E-state index in [-0.39, 0.29) is 12.4 Å². The largest absolute Gasteiger partial charge is 0.481 e. The van der Waals surface area contributed by atoms with E-state index in [1.807, 2.05) is 6.08 Å². The van der Waals surface area contributed by atoms with Crippen molar-refractivity contribution < 1.29 is 19.4 Å². The van der Waals surface area contributed by atoms with Gasteiger partial charge in [-0.2, -0.15) is 0 Å². The zero-order valence-electron chi connectivity index (χ0n) is 28.3. The van der Waals surface area contributed by atoms with Gasteiger partial charge >= 0.3 is 11.9 Å². The quantitative estimate of drug-likeness (QED) is 0.0458. The fraction of sp³-hybridized carbons (Fsp3) is 0.895. The average molecular weight is 593 g/mol. The van der Waals surface area contributed by atoms with E-state index in [0.29, 0.717) is 6.61 Å². The molecule has 0 aliphatic carbocycles. The van der Waals surface area contributed by atoms with E-state index in [9.17, 15) is 14.7 Å². The zero-order valence-corrected chi connectivity index (χ0v) is 28.3. The maximum Gasteiger partial charge on any atom is 0.313 e. The molecule has 0 bridgehead atoms. The van der Waals surface area contributed by atoms with Gasteiger partial charge in [0.15, 0.2) is 0 Å². The lowest BCUT2D eigenvalue weighted by Gasteiger charge is -2.11. The highest BCUT2D eigenvalue weighted by atomic mass is 16.5. The molecule has 1 atom stereocenters. The molecule has 0 heterocycles. The Hall–Kier alpha value is -1.32. The Kier molecular flexibility index (Phi) is 33.1. The standard InChI is InChI=1S/C38H72O4/c1-3-5-7-9-11-13-15-17-19-20-21-23-25-27-29-31-33-36(35-37(39)40)38(41)42-34-32-30-28-26-24-22-18-16-14-12-10-8-6-4-2/h31,33,36H,3-30,32,34-35H2,1-2H3,(H,39,40). The summed E-state index contributed by atoms with van der Waals surface area (Å²) in [6.45, 7) is 4.94. The maximum absolute atomic E-state index is 12.5. The molecule has 0 aromatic rings. The molecule has 0 spiro atoms. The molecular weight excluding hydrogens is 520 g/mol. The molecule has 1 N–H and O–H groups in total. The molecule has 4 nitrogen and oxygen atoms in total. The number of hydrogen-bond acceptors (Lipinski definition) is 3. The van der Waals surface area contributed by atoms with Crippen molar-refractivity contribution in [1.29, 1.82) is 0 Å². The lowest BCUT2D eigenvalue weighted by atomic mass is 10.0. The highest BCUT2D eigenvalue weighted by molar-refractivity contribution is 5.80. The molecule has 248 valence electrons. The summed E-state index contributed by atoms with van der Waals surface area (Å²) in [5.74, 6) is -2.00. The number of carbonyl (C=O) groups excluding carboxylic acids is 1. The second-order valence-corrected chi connectivity index (χ2v) is 12.8. The number of carboxylic acids is 1. The lowest BCUT2D eigenvalue weighted by molar-refractivity contribution is -0.151. The molecule has 0 aliphatic rings. The van der Waals surface area contributed by atoms with Gasteiger partial charge in [-0.05, 0) is 19.3 Å². The molecule has 0 aliphatic heterocycles. The third-order valence-corrected chi connectivity index (χ3v) is 8.53. The maximum atomic E-state index is 12.5. The smallest absolute Gasteiger partial charge is 0.313 e. The highest BCUT2D eigenvalue weighted by Crippen LogP contribution is 2.16.